The highest BCUT2D eigenvalue weighted by Gasteiger charge is 2.66. The van der Waals surface area contributed by atoms with Gasteiger partial charge in [-0.15, -0.1) is 0 Å². The van der Waals surface area contributed by atoms with Gasteiger partial charge >= 0.3 is 11.8 Å². The Morgan fingerprint density at radius 2 is 1.69 bits per heavy atom. The summed E-state index contributed by atoms with van der Waals surface area (Å²) in [5.41, 5.74) is -1.90. The Hall–Kier alpha value is -3.16. The molecule has 0 saturated carbocycles. The van der Waals surface area contributed by atoms with E-state index in [0.29, 0.717) is 12.0 Å². The molecule has 0 bridgehead atoms. The first-order chi connectivity index (χ1) is 13.7. The SMILES string of the molecule is CC1=NC(NC(=O)c2ccccc2C)(C(F)(F)F)C(=O)N1CCc1ccccc1. The summed E-state index contributed by atoms with van der Waals surface area (Å²) in [6.45, 7) is 2.96. The Morgan fingerprint density at radius 3 is 2.31 bits per heavy atom. The van der Waals surface area contributed by atoms with Crippen LogP contribution in [0.3, 0.4) is 0 Å². The lowest BCUT2D eigenvalue weighted by Gasteiger charge is -2.29. The van der Waals surface area contributed by atoms with Crippen LogP contribution in [0.4, 0.5) is 13.2 Å². The van der Waals surface area contributed by atoms with Crippen LogP contribution in [0.25, 0.3) is 0 Å². The van der Waals surface area contributed by atoms with Gasteiger partial charge in [-0.2, -0.15) is 13.2 Å². The van der Waals surface area contributed by atoms with Gasteiger partial charge in [0.25, 0.3) is 11.8 Å². The van der Waals surface area contributed by atoms with E-state index in [2.05, 4.69) is 4.99 Å². The van der Waals surface area contributed by atoms with E-state index < -0.39 is 23.7 Å². The largest absolute Gasteiger partial charge is 0.442 e. The second-order valence-electron chi connectivity index (χ2n) is 6.83. The van der Waals surface area contributed by atoms with Crippen molar-refractivity contribution >= 4 is 17.6 Å². The average Bonchev–Trinajstić information content (AvgIpc) is 2.91. The van der Waals surface area contributed by atoms with Gasteiger partial charge < -0.3 is 5.32 Å². The molecule has 0 fully saturated rings. The summed E-state index contributed by atoms with van der Waals surface area (Å²) >= 11 is 0. The van der Waals surface area contributed by atoms with Crippen LogP contribution >= 0.6 is 0 Å². The number of halogens is 3. The Morgan fingerprint density at radius 1 is 1.07 bits per heavy atom. The van der Waals surface area contributed by atoms with E-state index in [9.17, 15) is 22.8 Å². The maximum Gasteiger partial charge on any atom is 0.442 e. The van der Waals surface area contributed by atoms with Crippen LogP contribution in [0.15, 0.2) is 59.6 Å². The van der Waals surface area contributed by atoms with Crippen molar-refractivity contribution in [2.24, 2.45) is 4.99 Å². The van der Waals surface area contributed by atoms with Gasteiger partial charge in [0.2, 0.25) is 0 Å². The van der Waals surface area contributed by atoms with Crippen molar-refractivity contribution in [2.75, 3.05) is 6.54 Å². The molecule has 0 saturated heterocycles. The zero-order valence-electron chi connectivity index (χ0n) is 16.0. The molecule has 29 heavy (non-hydrogen) atoms. The number of aryl methyl sites for hydroxylation is 1. The molecule has 8 heteroatoms. The van der Waals surface area contributed by atoms with E-state index >= 15 is 0 Å². The standard InChI is InChI=1S/C21H20F3N3O2/c1-14-8-6-7-11-17(14)18(28)26-20(21(22,23)24)19(29)27(15(2)25-20)13-12-16-9-4-3-5-10-16/h3-11H,12-13H2,1-2H3,(H,26,28). The Bertz CT molecular complexity index is 957. The smallest absolute Gasteiger partial charge is 0.312 e. The van der Waals surface area contributed by atoms with Crippen LogP contribution < -0.4 is 5.32 Å². The minimum atomic E-state index is -5.09. The molecule has 3 rings (SSSR count). The quantitative estimate of drug-likeness (QED) is 0.831. The van der Waals surface area contributed by atoms with Gasteiger partial charge in [0.15, 0.2) is 0 Å². The number of nitrogens with one attached hydrogen (secondary N) is 1. The monoisotopic (exact) mass is 403 g/mol. The lowest BCUT2D eigenvalue weighted by Crippen LogP contribution is -2.63. The fraction of sp³-hybridized carbons (Fsp3) is 0.286. The van der Waals surface area contributed by atoms with E-state index in [4.69, 9.17) is 0 Å². The van der Waals surface area contributed by atoms with Crippen molar-refractivity contribution in [3.8, 4) is 0 Å². The molecule has 1 heterocycles. The number of rotatable bonds is 5. The maximum absolute atomic E-state index is 14.0. The van der Waals surface area contributed by atoms with Crippen LogP contribution in [0.1, 0.15) is 28.4 Å². The second kappa shape index (κ2) is 7.69. The van der Waals surface area contributed by atoms with Crippen LogP contribution in [0.5, 0.6) is 0 Å². The molecule has 0 radical (unpaired) electrons. The molecule has 1 aliphatic heterocycles. The molecule has 1 N–H and O–H groups in total. The molecule has 2 aromatic rings. The fourth-order valence-corrected chi connectivity index (χ4v) is 3.24. The van der Waals surface area contributed by atoms with Crippen molar-refractivity contribution in [1.82, 2.24) is 10.2 Å². The number of carbonyl (C=O) groups excluding carboxylic acids is 2. The van der Waals surface area contributed by atoms with Gasteiger partial charge in [0.1, 0.15) is 5.84 Å². The third-order valence-corrected chi connectivity index (χ3v) is 4.84. The van der Waals surface area contributed by atoms with Gasteiger partial charge in [-0.05, 0) is 37.5 Å². The summed E-state index contributed by atoms with van der Waals surface area (Å²) in [5.74, 6) is -2.40. The topological polar surface area (TPSA) is 61.8 Å². The number of aliphatic imine (C=N–C) groups is 1. The summed E-state index contributed by atoms with van der Waals surface area (Å²) in [6, 6.07) is 15.3. The number of nitrogens with zero attached hydrogens (tertiary/aromatic N) is 2. The first-order valence-electron chi connectivity index (χ1n) is 9.03. The van der Waals surface area contributed by atoms with Gasteiger partial charge in [-0.3, -0.25) is 14.5 Å². The number of carbonyl (C=O) groups is 2. The fourth-order valence-electron chi connectivity index (χ4n) is 3.24. The van der Waals surface area contributed by atoms with Gasteiger partial charge in [0, 0.05) is 12.1 Å². The molecule has 5 nitrogen and oxygen atoms in total. The molecule has 1 atom stereocenters. The summed E-state index contributed by atoms with van der Waals surface area (Å²) < 4.78 is 42.0. The molecule has 1 aliphatic rings. The van der Waals surface area contributed by atoms with Gasteiger partial charge in [-0.25, -0.2) is 4.99 Å². The zero-order valence-corrected chi connectivity index (χ0v) is 16.0. The van der Waals surface area contributed by atoms with Crippen LogP contribution in [-0.2, 0) is 11.2 Å². The Labute approximate surface area is 166 Å². The van der Waals surface area contributed by atoms with Crippen molar-refractivity contribution < 1.29 is 22.8 Å². The highest BCUT2D eigenvalue weighted by Crippen LogP contribution is 2.37. The third kappa shape index (κ3) is 3.87. The average molecular weight is 403 g/mol. The number of hydrogen-bond donors (Lipinski definition) is 1. The molecule has 152 valence electrons. The Kier molecular flexibility index (Phi) is 5.46. The molecular weight excluding hydrogens is 383 g/mol. The lowest BCUT2D eigenvalue weighted by atomic mass is 10.1. The van der Waals surface area contributed by atoms with E-state index in [1.165, 1.54) is 13.0 Å². The highest BCUT2D eigenvalue weighted by atomic mass is 19.4. The van der Waals surface area contributed by atoms with Crippen LogP contribution in [0, 0.1) is 6.92 Å². The third-order valence-electron chi connectivity index (χ3n) is 4.84. The predicted molar refractivity (Wildman–Crippen MR) is 102 cm³/mol. The minimum Gasteiger partial charge on any atom is -0.312 e. The van der Waals surface area contributed by atoms with Crippen LogP contribution in [0.2, 0.25) is 0 Å². The van der Waals surface area contributed by atoms with Crippen molar-refractivity contribution in [2.45, 2.75) is 32.1 Å². The van der Waals surface area contributed by atoms with Crippen molar-refractivity contribution in [3.05, 3.63) is 71.3 Å². The predicted octanol–water partition coefficient (Wildman–Crippen LogP) is 3.49. The van der Waals surface area contributed by atoms with Crippen molar-refractivity contribution in [1.29, 1.82) is 0 Å². The normalized spacial score (nSPS) is 19.3. The van der Waals surface area contributed by atoms with E-state index in [0.717, 1.165) is 10.5 Å². The molecular formula is C21H20F3N3O2. The van der Waals surface area contributed by atoms with Crippen molar-refractivity contribution in [3.63, 3.8) is 0 Å². The van der Waals surface area contributed by atoms with E-state index in [-0.39, 0.29) is 17.9 Å². The van der Waals surface area contributed by atoms with Gasteiger partial charge in [-0.1, -0.05) is 48.5 Å². The number of benzene rings is 2. The molecule has 0 aromatic heterocycles. The minimum absolute atomic E-state index is 0.0241. The molecule has 1 unspecified atom stereocenters. The first kappa shape index (κ1) is 20.6. The zero-order chi connectivity index (χ0) is 21.2. The number of amidine groups is 1. The second-order valence-corrected chi connectivity index (χ2v) is 6.83. The van der Waals surface area contributed by atoms with E-state index in [1.54, 1.807) is 25.1 Å². The first-order valence-corrected chi connectivity index (χ1v) is 9.03. The molecule has 0 spiro atoms. The highest BCUT2D eigenvalue weighted by molar-refractivity contribution is 6.10. The van der Waals surface area contributed by atoms with E-state index in [1.807, 2.05) is 35.6 Å². The maximum atomic E-state index is 14.0. The lowest BCUT2D eigenvalue weighted by molar-refractivity contribution is -0.196. The van der Waals surface area contributed by atoms with Crippen LogP contribution in [-0.4, -0.2) is 40.9 Å². The molecule has 2 amide bonds. The number of amides is 2. The number of alkyl halides is 3. The molecule has 2 aromatic carbocycles. The van der Waals surface area contributed by atoms with Gasteiger partial charge in [0.05, 0.1) is 0 Å². The summed E-state index contributed by atoms with van der Waals surface area (Å²) in [6.07, 6.45) is -4.73. The summed E-state index contributed by atoms with van der Waals surface area (Å²) in [5, 5.41) is 1.86. The number of hydrogen-bond acceptors (Lipinski definition) is 3. The molecule has 0 aliphatic carbocycles. The summed E-state index contributed by atoms with van der Waals surface area (Å²) in [4.78, 5) is 30.0. The summed E-state index contributed by atoms with van der Waals surface area (Å²) in [7, 11) is 0. The Balaban J connectivity index is 1.87.